The van der Waals surface area contributed by atoms with E-state index in [2.05, 4.69) is 25.1 Å². The quantitative estimate of drug-likeness (QED) is 0.836. The normalized spacial score (nSPS) is 16.2. The molecule has 28 heavy (non-hydrogen) atoms. The first-order valence-electron chi connectivity index (χ1n) is 9.55. The van der Waals surface area contributed by atoms with E-state index in [4.69, 9.17) is 4.42 Å². The Morgan fingerprint density at radius 2 is 2.04 bits per heavy atom. The molecule has 2 aromatic rings. The molecule has 0 saturated carbocycles. The van der Waals surface area contributed by atoms with Crippen molar-refractivity contribution in [1.82, 2.24) is 25.1 Å². The molecule has 0 aliphatic carbocycles. The minimum Gasteiger partial charge on any atom is -0.472 e. The van der Waals surface area contributed by atoms with E-state index in [1.54, 1.807) is 19.6 Å². The fourth-order valence-electron chi connectivity index (χ4n) is 3.53. The maximum absolute atomic E-state index is 13.2. The minimum absolute atomic E-state index is 0.224. The molecule has 8 nitrogen and oxygen atoms in total. The third-order valence-corrected chi connectivity index (χ3v) is 5.06. The van der Waals surface area contributed by atoms with Crippen molar-refractivity contribution >= 4 is 11.8 Å². The van der Waals surface area contributed by atoms with Gasteiger partial charge >= 0.3 is 0 Å². The summed E-state index contributed by atoms with van der Waals surface area (Å²) >= 11 is 0. The lowest BCUT2D eigenvalue weighted by molar-refractivity contribution is -0.124. The monoisotopic (exact) mass is 387 g/mol. The molecule has 1 aliphatic rings. The van der Waals surface area contributed by atoms with Crippen molar-refractivity contribution in [1.29, 1.82) is 0 Å². The molecule has 152 valence electrons. The summed E-state index contributed by atoms with van der Waals surface area (Å²) in [6, 6.07) is 1.18. The highest BCUT2D eigenvalue weighted by Gasteiger charge is 2.34. The van der Waals surface area contributed by atoms with Crippen LogP contribution in [0.1, 0.15) is 43.4 Å². The highest BCUT2D eigenvalue weighted by Crippen LogP contribution is 2.27. The van der Waals surface area contributed by atoms with Gasteiger partial charge in [0.1, 0.15) is 18.1 Å². The number of hydrogen-bond donors (Lipinski definition) is 2. The van der Waals surface area contributed by atoms with Crippen LogP contribution < -0.4 is 10.6 Å². The summed E-state index contributed by atoms with van der Waals surface area (Å²) in [7, 11) is 3.60. The van der Waals surface area contributed by atoms with Crippen molar-refractivity contribution in [3.05, 3.63) is 30.0 Å². The van der Waals surface area contributed by atoms with Crippen LogP contribution >= 0.6 is 0 Å². The van der Waals surface area contributed by atoms with Gasteiger partial charge in [0.15, 0.2) is 5.69 Å². The predicted molar refractivity (Wildman–Crippen MR) is 106 cm³/mol. The lowest BCUT2D eigenvalue weighted by Crippen LogP contribution is -2.53. The number of furan rings is 1. The van der Waals surface area contributed by atoms with Crippen molar-refractivity contribution in [2.45, 2.75) is 46.3 Å². The third kappa shape index (κ3) is 3.96. The summed E-state index contributed by atoms with van der Waals surface area (Å²) in [6.07, 6.45) is 4.20. The van der Waals surface area contributed by atoms with Crippen LogP contribution in [-0.4, -0.2) is 52.9 Å². The summed E-state index contributed by atoms with van der Waals surface area (Å²) < 4.78 is 7.31. The van der Waals surface area contributed by atoms with E-state index in [-0.39, 0.29) is 11.8 Å². The highest BCUT2D eigenvalue weighted by molar-refractivity contribution is 5.97. The molecule has 1 unspecified atom stereocenters. The number of rotatable bonds is 4. The largest absolute Gasteiger partial charge is 0.472 e. The summed E-state index contributed by atoms with van der Waals surface area (Å²) in [5.41, 5.74) is 1.63. The number of imidazole rings is 1. The van der Waals surface area contributed by atoms with Crippen LogP contribution in [0.15, 0.2) is 23.0 Å². The molecular weight excluding hydrogens is 358 g/mol. The number of hydrogen-bond acceptors (Lipinski definition) is 5. The van der Waals surface area contributed by atoms with Gasteiger partial charge in [0.2, 0.25) is 5.91 Å². The summed E-state index contributed by atoms with van der Waals surface area (Å²) in [6.45, 7) is 8.10. The van der Waals surface area contributed by atoms with Crippen molar-refractivity contribution in [2.24, 2.45) is 5.41 Å². The van der Waals surface area contributed by atoms with Gasteiger partial charge in [-0.05, 0) is 31.5 Å². The van der Waals surface area contributed by atoms with Crippen molar-refractivity contribution in [2.75, 3.05) is 20.6 Å². The van der Waals surface area contributed by atoms with Gasteiger partial charge < -0.3 is 24.5 Å². The van der Waals surface area contributed by atoms with E-state index in [1.165, 1.54) is 0 Å². The molecule has 0 bridgehead atoms. The van der Waals surface area contributed by atoms with Gasteiger partial charge in [-0.1, -0.05) is 20.8 Å². The zero-order valence-corrected chi connectivity index (χ0v) is 17.2. The van der Waals surface area contributed by atoms with Crippen LogP contribution in [-0.2, 0) is 17.9 Å². The zero-order chi connectivity index (χ0) is 20.5. The Hall–Kier alpha value is -2.61. The first kappa shape index (κ1) is 20.1. The highest BCUT2D eigenvalue weighted by atomic mass is 16.3. The van der Waals surface area contributed by atoms with Crippen molar-refractivity contribution in [3.8, 4) is 11.4 Å². The number of fused-ring (bicyclic) bond motifs is 1. The summed E-state index contributed by atoms with van der Waals surface area (Å²) in [4.78, 5) is 32.4. The van der Waals surface area contributed by atoms with E-state index >= 15 is 0 Å². The average Bonchev–Trinajstić information content (AvgIpc) is 3.22. The van der Waals surface area contributed by atoms with Crippen LogP contribution in [0.3, 0.4) is 0 Å². The van der Waals surface area contributed by atoms with Crippen LogP contribution in [0.25, 0.3) is 11.4 Å². The van der Waals surface area contributed by atoms with Crippen molar-refractivity contribution in [3.63, 3.8) is 0 Å². The van der Waals surface area contributed by atoms with Crippen molar-refractivity contribution < 1.29 is 14.0 Å². The Kier molecular flexibility index (Phi) is 5.60. The Morgan fingerprint density at radius 1 is 1.29 bits per heavy atom. The fourth-order valence-corrected chi connectivity index (χ4v) is 3.53. The number of nitrogens with one attached hydrogen (secondary N) is 2. The first-order valence-corrected chi connectivity index (χ1v) is 9.55. The smallest absolute Gasteiger partial charge is 0.272 e. The van der Waals surface area contributed by atoms with Crippen LogP contribution in [0, 0.1) is 5.41 Å². The molecule has 2 amide bonds. The molecule has 0 radical (unpaired) electrons. The number of carbonyl (C=O) groups excluding carboxylic acids is 2. The topological polar surface area (TPSA) is 92.4 Å². The molecule has 2 N–H and O–H groups in total. The van der Waals surface area contributed by atoms with E-state index < -0.39 is 11.5 Å². The number of amides is 2. The van der Waals surface area contributed by atoms with E-state index in [9.17, 15) is 9.59 Å². The molecule has 0 fully saturated rings. The molecule has 0 aromatic carbocycles. The number of nitrogens with zero attached hydrogens (tertiary/aromatic N) is 3. The molecular formula is C20H29N5O3. The van der Waals surface area contributed by atoms with E-state index in [0.717, 1.165) is 36.6 Å². The molecule has 0 spiro atoms. The standard InChI is InChI=1S/C20H29N5O3/c1-20(2,3)16(19(27)21-4)23-18(26)15-14-11-24(5)8-6-9-25(14)17(22-15)13-7-10-28-12-13/h7,10,12,16H,6,8-9,11H2,1-5H3,(H,21,27)(H,23,26). The zero-order valence-electron chi connectivity index (χ0n) is 17.2. The summed E-state index contributed by atoms with van der Waals surface area (Å²) in [5, 5.41) is 5.53. The molecule has 3 rings (SSSR count). The second-order valence-electron chi connectivity index (χ2n) is 8.37. The SMILES string of the molecule is CNC(=O)C(NC(=O)c1nc(-c2ccoc2)n2c1CN(C)CCC2)C(C)(C)C. The maximum atomic E-state index is 13.2. The lowest BCUT2D eigenvalue weighted by Gasteiger charge is -2.29. The second-order valence-corrected chi connectivity index (χ2v) is 8.37. The predicted octanol–water partition coefficient (Wildman–Crippen LogP) is 1.87. The van der Waals surface area contributed by atoms with E-state index in [1.807, 2.05) is 33.9 Å². The average molecular weight is 387 g/mol. The lowest BCUT2D eigenvalue weighted by atomic mass is 9.86. The van der Waals surface area contributed by atoms with Gasteiger partial charge in [0.25, 0.3) is 5.91 Å². The van der Waals surface area contributed by atoms with Gasteiger partial charge in [0, 0.05) is 20.1 Å². The third-order valence-electron chi connectivity index (χ3n) is 5.06. The molecule has 1 atom stereocenters. The molecule has 8 heteroatoms. The number of carbonyl (C=O) groups is 2. The van der Waals surface area contributed by atoms with Gasteiger partial charge in [-0.15, -0.1) is 0 Å². The van der Waals surface area contributed by atoms with Gasteiger partial charge in [-0.2, -0.15) is 0 Å². The molecule has 1 aliphatic heterocycles. The second kappa shape index (κ2) is 7.79. The Labute approximate surface area is 165 Å². The maximum Gasteiger partial charge on any atom is 0.272 e. The molecule has 2 aromatic heterocycles. The van der Waals surface area contributed by atoms with Crippen LogP contribution in [0.4, 0.5) is 0 Å². The Balaban J connectivity index is 2.01. The van der Waals surface area contributed by atoms with Gasteiger partial charge in [-0.25, -0.2) is 4.98 Å². The number of likely N-dealkylation sites (N-methyl/N-ethyl adjacent to an activating group) is 1. The fraction of sp³-hybridized carbons (Fsp3) is 0.550. The Bertz CT molecular complexity index is 848. The first-order chi connectivity index (χ1) is 13.2. The van der Waals surface area contributed by atoms with Crippen LogP contribution in [0.5, 0.6) is 0 Å². The van der Waals surface area contributed by atoms with E-state index in [0.29, 0.717) is 12.2 Å². The number of aromatic nitrogens is 2. The summed E-state index contributed by atoms with van der Waals surface area (Å²) in [5.74, 6) is 0.159. The Morgan fingerprint density at radius 3 is 2.64 bits per heavy atom. The molecule has 0 saturated heterocycles. The molecule has 3 heterocycles. The van der Waals surface area contributed by atoms with Crippen LogP contribution in [0.2, 0.25) is 0 Å². The van der Waals surface area contributed by atoms with Gasteiger partial charge in [0.05, 0.1) is 17.5 Å². The minimum atomic E-state index is -0.664. The van der Waals surface area contributed by atoms with Gasteiger partial charge in [-0.3, -0.25) is 9.59 Å².